The van der Waals surface area contributed by atoms with Crippen molar-refractivity contribution in [2.75, 3.05) is 6.61 Å². The second kappa shape index (κ2) is 5.64. The van der Waals surface area contributed by atoms with E-state index >= 15 is 0 Å². The first kappa shape index (κ1) is 11.9. The summed E-state index contributed by atoms with van der Waals surface area (Å²) >= 11 is 0. The highest BCUT2D eigenvalue weighted by Gasteiger charge is 2.05. The molecule has 0 fully saturated rings. The van der Waals surface area contributed by atoms with Gasteiger partial charge in [-0.25, -0.2) is 4.98 Å². The zero-order valence-corrected chi connectivity index (χ0v) is 10.0. The zero-order chi connectivity index (χ0) is 12.1. The van der Waals surface area contributed by atoms with Gasteiger partial charge in [0.1, 0.15) is 0 Å². The van der Waals surface area contributed by atoms with Crippen molar-refractivity contribution in [3.05, 3.63) is 35.9 Å². The van der Waals surface area contributed by atoms with E-state index < -0.39 is 0 Å². The molecule has 1 N–H and O–H groups in total. The first-order valence-electron chi connectivity index (χ1n) is 5.97. The number of aromatic nitrogens is 1. The summed E-state index contributed by atoms with van der Waals surface area (Å²) in [5.74, 6) is 0.598. The van der Waals surface area contributed by atoms with Crippen LogP contribution in [0.2, 0.25) is 0 Å². The number of hydrogen-bond acceptors (Lipinski definition) is 3. The summed E-state index contributed by atoms with van der Waals surface area (Å²) in [6, 6.07) is 9.59. The summed E-state index contributed by atoms with van der Waals surface area (Å²) in [5, 5.41) is 10.3. The quantitative estimate of drug-likeness (QED) is 0.804. The molecule has 1 aromatic heterocycles. The third-order valence-corrected chi connectivity index (χ3v) is 2.70. The molecule has 0 radical (unpaired) electrons. The Kier molecular flexibility index (Phi) is 3.94. The molecule has 3 nitrogen and oxygen atoms in total. The molecule has 0 saturated carbocycles. The number of fused-ring (bicyclic) bond motifs is 1. The Bertz CT molecular complexity index is 497. The smallest absolute Gasteiger partial charge is 0.214 e. The van der Waals surface area contributed by atoms with E-state index in [1.807, 2.05) is 30.3 Å². The van der Waals surface area contributed by atoms with Gasteiger partial charge in [-0.3, -0.25) is 0 Å². The van der Waals surface area contributed by atoms with Crippen LogP contribution in [0.4, 0.5) is 0 Å². The monoisotopic (exact) mass is 231 g/mol. The van der Waals surface area contributed by atoms with Crippen LogP contribution >= 0.6 is 0 Å². The molecule has 2 aromatic rings. The van der Waals surface area contributed by atoms with Gasteiger partial charge < -0.3 is 9.84 Å². The van der Waals surface area contributed by atoms with Gasteiger partial charge in [0.15, 0.2) is 0 Å². The topological polar surface area (TPSA) is 42.4 Å². The van der Waals surface area contributed by atoms with E-state index in [1.54, 1.807) is 0 Å². The van der Waals surface area contributed by atoms with E-state index in [-0.39, 0.29) is 6.61 Å². The number of benzene rings is 1. The van der Waals surface area contributed by atoms with Crippen molar-refractivity contribution in [3.8, 4) is 5.88 Å². The van der Waals surface area contributed by atoms with Crippen molar-refractivity contribution < 1.29 is 9.84 Å². The van der Waals surface area contributed by atoms with Crippen LogP contribution in [0.3, 0.4) is 0 Å². The summed E-state index contributed by atoms with van der Waals surface area (Å²) in [4.78, 5) is 4.42. The van der Waals surface area contributed by atoms with Gasteiger partial charge in [0, 0.05) is 11.5 Å². The predicted octanol–water partition coefficient (Wildman–Crippen LogP) is 2.91. The van der Waals surface area contributed by atoms with Gasteiger partial charge >= 0.3 is 0 Å². The summed E-state index contributed by atoms with van der Waals surface area (Å²) in [6.45, 7) is 2.80. The van der Waals surface area contributed by atoms with Crippen LogP contribution in [0.5, 0.6) is 5.88 Å². The van der Waals surface area contributed by atoms with Crippen LogP contribution in [0.1, 0.15) is 25.3 Å². The Labute approximate surface area is 101 Å². The van der Waals surface area contributed by atoms with E-state index in [0.717, 1.165) is 29.3 Å². The molecule has 0 atom stereocenters. The lowest BCUT2D eigenvalue weighted by molar-refractivity contribution is 0.278. The Morgan fingerprint density at radius 2 is 2.12 bits per heavy atom. The summed E-state index contributed by atoms with van der Waals surface area (Å²) in [6.07, 6.45) is 2.11. The van der Waals surface area contributed by atoms with Crippen LogP contribution in [0.15, 0.2) is 30.3 Å². The second-order valence-corrected chi connectivity index (χ2v) is 4.00. The third kappa shape index (κ3) is 2.74. The van der Waals surface area contributed by atoms with Crippen molar-refractivity contribution in [3.63, 3.8) is 0 Å². The maximum Gasteiger partial charge on any atom is 0.214 e. The van der Waals surface area contributed by atoms with Gasteiger partial charge in [-0.05, 0) is 18.1 Å². The molecule has 0 unspecified atom stereocenters. The van der Waals surface area contributed by atoms with Crippen LogP contribution in [-0.4, -0.2) is 16.7 Å². The standard InChI is InChI=1S/C14H17NO2/c1-2-3-8-17-14-9-11(10-16)12-6-4-5-7-13(12)15-14/h4-7,9,16H,2-3,8,10H2,1H3. The molecule has 0 amide bonds. The van der Waals surface area contributed by atoms with Gasteiger partial charge in [-0.1, -0.05) is 31.5 Å². The van der Waals surface area contributed by atoms with Crippen molar-refractivity contribution in [1.82, 2.24) is 4.98 Å². The van der Waals surface area contributed by atoms with Gasteiger partial charge in [0.2, 0.25) is 5.88 Å². The minimum atomic E-state index is 0.00711. The maximum absolute atomic E-state index is 9.35. The van der Waals surface area contributed by atoms with Gasteiger partial charge in [0.05, 0.1) is 18.7 Å². The lowest BCUT2D eigenvalue weighted by atomic mass is 10.1. The van der Waals surface area contributed by atoms with E-state index in [1.165, 1.54) is 0 Å². The van der Waals surface area contributed by atoms with Gasteiger partial charge in [-0.15, -0.1) is 0 Å². The first-order chi connectivity index (χ1) is 8.35. The molecule has 0 aliphatic rings. The second-order valence-electron chi connectivity index (χ2n) is 4.00. The molecule has 3 heteroatoms. The summed E-state index contributed by atoms with van der Waals surface area (Å²) < 4.78 is 5.57. The third-order valence-electron chi connectivity index (χ3n) is 2.70. The number of hydrogen-bond donors (Lipinski definition) is 1. The van der Waals surface area contributed by atoms with E-state index in [0.29, 0.717) is 12.5 Å². The molecule has 0 saturated heterocycles. The van der Waals surface area contributed by atoms with Crippen LogP contribution in [0, 0.1) is 0 Å². The molecular weight excluding hydrogens is 214 g/mol. The number of aliphatic hydroxyl groups is 1. The Morgan fingerprint density at radius 3 is 2.88 bits per heavy atom. The number of aliphatic hydroxyl groups excluding tert-OH is 1. The lowest BCUT2D eigenvalue weighted by Gasteiger charge is -2.08. The van der Waals surface area contributed by atoms with E-state index in [4.69, 9.17) is 4.74 Å². The fraction of sp³-hybridized carbons (Fsp3) is 0.357. The Hall–Kier alpha value is -1.61. The molecule has 0 aliphatic carbocycles. The number of para-hydroxylation sites is 1. The van der Waals surface area contributed by atoms with Gasteiger partial charge in [-0.2, -0.15) is 0 Å². The van der Waals surface area contributed by atoms with Crippen molar-refractivity contribution in [2.45, 2.75) is 26.4 Å². The highest BCUT2D eigenvalue weighted by Crippen LogP contribution is 2.22. The Morgan fingerprint density at radius 1 is 1.29 bits per heavy atom. The minimum Gasteiger partial charge on any atom is -0.478 e. The molecule has 90 valence electrons. The fourth-order valence-corrected chi connectivity index (χ4v) is 1.75. The molecule has 17 heavy (non-hydrogen) atoms. The molecular formula is C14H17NO2. The zero-order valence-electron chi connectivity index (χ0n) is 10.0. The molecule has 2 rings (SSSR count). The van der Waals surface area contributed by atoms with E-state index in [2.05, 4.69) is 11.9 Å². The largest absolute Gasteiger partial charge is 0.478 e. The van der Waals surface area contributed by atoms with Crippen LogP contribution in [0.25, 0.3) is 10.9 Å². The van der Waals surface area contributed by atoms with Crippen molar-refractivity contribution in [2.24, 2.45) is 0 Å². The number of unbranched alkanes of at least 4 members (excludes halogenated alkanes) is 1. The number of rotatable bonds is 5. The van der Waals surface area contributed by atoms with E-state index in [9.17, 15) is 5.11 Å². The Balaban J connectivity index is 2.32. The van der Waals surface area contributed by atoms with Crippen molar-refractivity contribution >= 4 is 10.9 Å². The SMILES string of the molecule is CCCCOc1cc(CO)c2ccccc2n1. The fourth-order valence-electron chi connectivity index (χ4n) is 1.75. The van der Waals surface area contributed by atoms with Gasteiger partial charge in [0.25, 0.3) is 0 Å². The maximum atomic E-state index is 9.35. The molecule has 1 heterocycles. The highest BCUT2D eigenvalue weighted by molar-refractivity contribution is 5.82. The normalized spacial score (nSPS) is 10.7. The number of nitrogens with zero attached hydrogens (tertiary/aromatic N) is 1. The predicted molar refractivity (Wildman–Crippen MR) is 68.1 cm³/mol. The molecule has 1 aromatic carbocycles. The average Bonchev–Trinajstić information content (AvgIpc) is 2.38. The average molecular weight is 231 g/mol. The summed E-state index contributed by atoms with van der Waals surface area (Å²) in [7, 11) is 0. The molecule has 0 aliphatic heterocycles. The number of pyridine rings is 1. The highest BCUT2D eigenvalue weighted by atomic mass is 16.5. The number of ether oxygens (including phenoxy) is 1. The van der Waals surface area contributed by atoms with Crippen LogP contribution in [-0.2, 0) is 6.61 Å². The lowest BCUT2D eigenvalue weighted by Crippen LogP contribution is -2.00. The minimum absolute atomic E-state index is 0.00711. The molecule has 0 spiro atoms. The molecule has 0 bridgehead atoms. The summed E-state index contributed by atoms with van der Waals surface area (Å²) in [5.41, 5.74) is 1.73. The first-order valence-corrected chi connectivity index (χ1v) is 5.97. The van der Waals surface area contributed by atoms with Crippen LogP contribution < -0.4 is 4.74 Å². The van der Waals surface area contributed by atoms with Crippen molar-refractivity contribution in [1.29, 1.82) is 0 Å².